The van der Waals surface area contributed by atoms with Crippen molar-refractivity contribution >= 4 is 17.6 Å². The molecule has 9 nitrogen and oxygen atoms in total. The zero-order valence-corrected chi connectivity index (χ0v) is 12.8. The molecular formula is C15H14N6O3. The Balaban J connectivity index is 1.65. The lowest BCUT2D eigenvalue weighted by atomic mass is 10.2. The summed E-state index contributed by atoms with van der Waals surface area (Å²) in [5.74, 6) is 2.87. The number of nitrogens with zero attached hydrogens (tertiary/aromatic N) is 4. The van der Waals surface area contributed by atoms with Gasteiger partial charge in [-0.15, -0.1) is 5.10 Å². The summed E-state index contributed by atoms with van der Waals surface area (Å²) in [4.78, 5) is 8.40. The monoisotopic (exact) mass is 326 g/mol. The molecule has 24 heavy (non-hydrogen) atoms. The van der Waals surface area contributed by atoms with Gasteiger partial charge >= 0.3 is 0 Å². The van der Waals surface area contributed by atoms with Crippen LogP contribution in [0.25, 0.3) is 5.82 Å². The molecule has 3 heterocycles. The van der Waals surface area contributed by atoms with Crippen molar-refractivity contribution in [1.82, 2.24) is 19.7 Å². The number of methoxy groups -OCH3 is 1. The molecule has 0 radical (unpaired) electrons. The summed E-state index contributed by atoms with van der Waals surface area (Å²) >= 11 is 0. The van der Waals surface area contributed by atoms with Gasteiger partial charge in [0.25, 0.3) is 0 Å². The second-order valence-electron chi connectivity index (χ2n) is 4.93. The zero-order chi connectivity index (χ0) is 16.5. The maximum absolute atomic E-state index is 5.91. The number of hydrogen-bond acceptors (Lipinski definition) is 8. The van der Waals surface area contributed by atoms with Gasteiger partial charge in [-0.05, 0) is 12.1 Å². The highest BCUT2D eigenvalue weighted by atomic mass is 16.7. The quantitative estimate of drug-likeness (QED) is 0.746. The third-order valence-electron chi connectivity index (χ3n) is 3.41. The van der Waals surface area contributed by atoms with Crippen LogP contribution < -0.4 is 25.3 Å². The lowest BCUT2D eigenvalue weighted by molar-refractivity contribution is 0.171. The second kappa shape index (κ2) is 5.61. The van der Waals surface area contributed by atoms with Crippen molar-refractivity contribution in [2.24, 2.45) is 0 Å². The van der Waals surface area contributed by atoms with Crippen molar-refractivity contribution in [1.29, 1.82) is 0 Å². The standard InChI is InChI=1S/C15H14N6O3/c1-22-10-6-9(7-11-13(10)24-8-23-11)18-15-19-14(16)21(20-15)12-4-2-3-5-17-12/h2-7H,8H2,1H3,(H3,16,18,19,20). The van der Waals surface area contributed by atoms with Crippen LogP contribution in [0, 0.1) is 0 Å². The Kier molecular flexibility index (Phi) is 3.30. The van der Waals surface area contributed by atoms with Crippen LogP contribution >= 0.6 is 0 Å². The molecule has 0 saturated carbocycles. The van der Waals surface area contributed by atoms with E-state index >= 15 is 0 Å². The highest BCUT2D eigenvalue weighted by Gasteiger charge is 2.21. The summed E-state index contributed by atoms with van der Waals surface area (Å²) in [6.07, 6.45) is 1.66. The van der Waals surface area contributed by atoms with E-state index in [2.05, 4.69) is 20.4 Å². The fourth-order valence-electron chi connectivity index (χ4n) is 2.36. The fraction of sp³-hybridized carbons (Fsp3) is 0.133. The molecule has 0 atom stereocenters. The van der Waals surface area contributed by atoms with Gasteiger partial charge in [0.2, 0.25) is 24.4 Å². The first kappa shape index (κ1) is 14.1. The molecule has 2 aromatic heterocycles. The predicted octanol–water partition coefficient (Wildman–Crippen LogP) is 1.73. The van der Waals surface area contributed by atoms with E-state index in [9.17, 15) is 0 Å². The third kappa shape index (κ3) is 2.41. The average Bonchev–Trinajstić information content (AvgIpc) is 3.21. The first-order valence-electron chi connectivity index (χ1n) is 7.13. The van der Waals surface area contributed by atoms with Crippen LogP contribution in [0.15, 0.2) is 36.5 Å². The number of benzene rings is 1. The van der Waals surface area contributed by atoms with Gasteiger partial charge in [0.1, 0.15) is 0 Å². The summed E-state index contributed by atoms with van der Waals surface area (Å²) in [7, 11) is 1.56. The van der Waals surface area contributed by atoms with E-state index in [-0.39, 0.29) is 12.7 Å². The number of nitrogens with one attached hydrogen (secondary N) is 1. The summed E-state index contributed by atoms with van der Waals surface area (Å²) in [5.41, 5.74) is 6.60. The molecule has 4 rings (SSSR count). The number of hydrogen-bond donors (Lipinski definition) is 2. The van der Waals surface area contributed by atoms with Gasteiger partial charge in [0, 0.05) is 24.0 Å². The molecule has 9 heteroatoms. The molecule has 0 bridgehead atoms. The smallest absolute Gasteiger partial charge is 0.248 e. The second-order valence-corrected chi connectivity index (χ2v) is 4.93. The number of nitrogens with two attached hydrogens (primary N) is 1. The van der Waals surface area contributed by atoms with Gasteiger partial charge in [0.15, 0.2) is 17.3 Å². The number of fused-ring (bicyclic) bond motifs is 1. The minimum atomic E-state index is 0.161. The molecular weight excluding hydrogens is 312 g/mol. The Bertz CT molecular complexity index is 880. The van der Waals surface area contributed by atoms with E-state index < -0.39 is 0 Å². The molecule has 0 fully saturated rings. The SMILES string of the molecule is COc1cc(Nc2nc(N)n(-c3ccccn3)n2)cc2c1OCO2. The van der Waals surface area contributed by atoms with Gasteiger partial charge in [-0.3, -0.25) is 0 Å². The zero-order valence-electron chi connectivity index (χ0n) is 12.8. The summed E-state index contributed by atoms with van der Waals surface area (Å²) in [5, 5.41) is 7.39. The Hall–Kier alpha value is -3.49. The normalized spacial score (nSPS) is 12.2. The number of nitrogen functional groups attached to an aromatic ring is 1. The number of anilines is 3. The van der Waals surface area contributed by atoms with Gasteiger partial charge in [0.05, 0.1) is 7.11 Å². The van der Waals surface area contributed by atoms with Crippen molar-refractivity contribution in [3.05, 3.63) is 36.5 Å². The van der Waals surface area contributed by atoms with Gasteiger partial charge in [-0.1, -0.05) is 6.07 Å². The van der Waals surface area contributed by atoms with Crippen LogP contribution in [-0.4, -0.2) is 33.7 Å². The number of pyridine rings is 1. The molecule has 1 aliphatic rings. The van der Waals surface area contributed by atoms with Crippen LogP contribution in [0.4, 0.5) is 17.6 Å². The van der Waals surface area contributed by atoms with E-state index in [1.165, 1.54) is 4.68 Å². The molecule has 0 amide bonds. The summed E-state index contributed by atoms with van der Waals surface area (Å²) in [6.45, 7) is 0.161. The molecule has 1 aliphatic heterocycles. The van der Waals surface area contributed by atoms with Crippen molar-refractivity contribution in [3.8, 4) is 23.1 Å². The molecule has 3 N–H and O–H groups in total. The molecule has 1 aromatic carbocycles. The lowest BCUT2D eigenvalue weighted by Gasteiger charge is -2.08. The Morgan fingerprint density at radius 3 is 3.00 bits per heavy atom. The van der Waals surface area contributed by atoms with Crippen molar-refractivity contribution in [2.45, 2.75) is 0 Å². The number of ether oxygens (including phenoxy) is 3. The van der Waals surface area contributed by atoms with Crippen LogP contribution in [-0.2, 0) is 0 Å². The number of aromatic nitrogens is 4. The average molecular weight is 326 g/mol. The first-order valence-corrected chi connectivity index (χ1v) is 7.13. The van der Waals surface area contributed by atoms with Crippen molar-refractivity contribution < 1.29 is 14.2 Å². The van der Waals surface area contributed by atoms with E-state index in [4.69, 9.17) is 19.9 Å². The number of rotatable bonds is 4. The van der Waals surface area contributed by atoms with E-state index in [0.717, 1.165) is 0 Å². The lowest BCUT2D eigenvalue weighted by Crippen LogP contribution is -2.04. The van der Waals surface area contributed by atoms with E-state index in [0.29, 0.717) is 34.7 Å². The highest BCUT2D eigenvalue weighted by Crippen LogP contribution is 2.43. The predicted molar refractivity (Wildman–Crippen MR) is 86.0 cm³/mol. The maximum atomic E-state index is 5.91. The molecule has 0 saturated heterocycles. The fourth-order valence-corrected chi connectivity index (χ4v) is 2.36. The van der Waals surface area contributed by atoms with E-state index in [1.54, 1.807) is 31.5 Å². The van der Waals surface area contributed by atoms with Crippen molar-refractivity contribution in [3.63, 3.8) is 0 Å². The molecule has 122 valence electrons. The van der Waals surface area contributed by atoms with Crippen LogP contribution in [0.2, 0.25) is 0 Å². The minimum Gasteiger partial charge on any atom is -0.493 e. The van der Waals surface area contributed by atoms with Crippen LogP contribution in [0.3, 0.4) is 0 Å². The summed E-state index contributed by atoms with van der Waals surface area (Å²) in [6, 6.07) is 9.00. The molecule has 0 unspecified atom stereocenters. The topological polar surface area (TPSA) is 109 Å². The highest BCUT2D eigenvalue weighted by molar-refractivity contribution is 5.66. The molecule has 0 spiro atoms. The Morgan fingerprint density at radius 1 is 1.29 bits per heavy atom. The Morgan fingerprint density at radius 2 is 2.21 bits per heavy atom. The van der Waals surface area contributed by atoms with Gasteiger partial charge in [-0.25, -0.2) is 4.98 Å². The molecule has 3 aromatic rings. The van der Waals surface area contributed by atoms with Crippen molar-refractivity contribution in [2.75, 3.05) is 25.0 Å². The van der Waals surface area contributed by atoms with Gasteiger partial charge in [-0.2, -0.15) is 9.67 Å². The minimum absolute atomic E-state index is 0.161. The van der Waals surface area contributed by atoms with Gasteiger partial charge < -0.3 is 25.3 Å². The third-order valence-corrected chi connectivity index (χ3v) is 3.41. The maximum Gasteiger partial charge on any atom is 0.248 e. The van der Waals surface area contributed by atoms with Crippen LogP contribution in [0.1, 0.15) is 0 Å². The van der Waals surface area contributed by atoms with E-state index in [1.807, 2.05) is 12.1 Å². The summed E-state index contributed by atoms with van der Waals surface area (Å²) < 4.78 is 17.5. The largest absolute Gasteiger partial charge is 0.493 e. The Labute approximate surface area is 137 Å². The first-order chi connectivity index (χ1) is 11.7. The van der Waals surface area contributed by atoms with Crippen LogP contribution in [0.5, 0.6) is 17.2 Å². The molecule has 0 aliphatic carbocycles.